The maximum absolute atomic E-state index is 11.7. The number of methoxy groups -OCH3 is 1. The Labute approximate surface area is 123 Å². The van der Waals surface area contributed by atoms with Crippen molar-refractivity contribution in [3.8, 4) is 5.75 Å². The third kappa shape index (κ3) is 5.99. The van der Waals surface area contributed by atoms with Crippen LogP contribution in [-0.2, 0) is 14.3 Å². The first-order valence-electron chi connectivity index (χ1n) is 6.30. The van der Waals surface area contributed by atoms with Crippen LogP contribution < -0.4 is 5.32 Å². The molecule has 2 N–H and O–H groups in total. The predicted octanol–water partition coefficient (Wildman–Crippen LogP) is 2.43. The average molecular weight is 293 g/mol. The van der Waals surface area contributed by atoms with E-state index in [-0.39, 0.29) is 11.4 Å². The molecule has 6 nitrogen and oxygen atoms in total. The Hall–Kier alpha value is -2.50. The number of esters is 1. The van der Waals surface area contributed by atoms with Gasteiger partial charge in [0.2, 0.25) is 0 Å². The van der Waals surface area contributed by atoms with Crippen molar-refractivity contribution in [1.29, 1.82) is 0 Å². The van der Waals surface area contributed by atoms with Gasteiger partial charge in [-0.25, -0.2) is 9.59 Å². The molecule has 0 radical (unpaired) electrons. The molecular formula is C15H19NO5. The quantitative estimate of drug-likeness (QED) is 0.660. The summed E-state index contributed by atoms with van der Waals surface area (Å²) >= 11 is 0. The van der Waals surface area contributed by atoms with E-state index in [2.05, 4.69) is 10.1 Å². The highest BCUT2D eigenvalue weighted by Gasteiger charge is 2.19. The summed E-state index contributed by atoms with van der Waals surface area (Å²) in [5.41, 5.74) is -0.120. The topological polar surface area (TPSA) is 84.9 Å². The van der Waals surface area contributed by atoms with Gasteiger partial charge in [-0.1, -0.05) is 12.1 Å². The summed E-state index contributed by atoms with van der Waals surface area (Å²) in [6.07, 6.45) is 0.674. The molecule has 1 amide bonds. The summed E-state index contributed by atoms with van der Waals surface area (Å²) in [6, 6.07) is 6.12. The first-order chi connectivity index (χ1) is 9.71. The highest BCUT2D eigenvalue weighted by atomic mass is 16.6. The zero-order valence-corrected chi connectivity index (χ0v) is 12.5. The summed E-state index contributed by atoms with van der Waals surface area (Å²) < 4.78 is 9.69. The molecule has 0 saturated carbocycles. The maximum atomic E-state index is 11.7. The Morgan fingerprint density at radius 2 is 1.76 bits per heavy atom. The minimum atomic E-state index is -0.752. The van der Waals surface area contributed by atoms with E-state index >= 15 is 0 Å². The van der Waals surface area contributed by atoms with Gasteiger partial charge in [0.05, 0.1) is 7.11 Å². The lowest BCUT2D eigenvalue weighted by Gasteiger charge is -2.20. The number of phenols is 1. The molecule has 0 aliphatic carbocycles. The molecule has 1 aromatic rings. The number of hydrogen-bond acceptors (Lipinski definition) is 5. The number of hydrogen-bond donors (Lipinski definition) is 2. The lowest BCUT2D eigenvalue weighted by Crippen LogP contribution is -2.34. The first kappa shape index (κ1) is 16.6. The molecule has 0 spiro atoms. The van der Waals surface area contributed by atoms with E-state index in [1.165, 1.54) is 25.3 Å². The normalized spacial score (nSPS) is 11.7. The number of carbonyl (C=O) groups excluding carboxylic acids is 2. The van der Waals surface area contributed by atoms with Crippen molar-refractivity contribution in [2.75, 3.05) is 7.11 Å². The number of benzene rings is 1. The van der Waals surface area contributed by atoms with Crippen LogP contribution in [0, 0.1) is 0 Å². The Kier molecular flexibility index (Phi) is 5.35. The molecular weight excluding hydrogens is 274 g/mol. The van der Waals surface area contributed by atoms with Gasteiger partial charge in [-0.2, -0.15) is 0 Å². The molecule has 0 aliphatic rings. The molecule has 0 aliphatic heterocycles. The number of aromatic hydroxyl groups is 1. The molecule has 0 heterocycles. The second-order valence-corrected chi connectivity index (χ2v) is 5.27. The van der Waals surface area contributed by atoms with Gasteiger partial charge in [0.15, 0.2) is 0 Å². The number of phenolic OH excluding ortho intramolecular Hbond substituents is 1. The second-order valence-electron chi connectivity index (χ2n) is 5.27. The highest BCUT2D eigenvalue weighted by Crippen LogP contribution is 2.13. The van der Waals surface area contributed by atoms with Gasteiger partial charge in [0, 0.05) is 0 Å². The van der Waals surface area contributed by atoms with Gasteiger partial charge in [0.1, 0.15) is 17.0 Å². The Bertz CT molecular complexity index is 540. The van der Waals surface area contributed by atoms with Gasteiger partial charge in [-0.05, 0) is 44.5 Å². The molecule has 0 bridgehead atoms. The van der Waals surface area contributed by atoms with Crippen LogP contribution in [0.1, 0.15) is 26.3 Å². The highest BCUT2D eigenvalue weighted by molar-refractivity contribution is 5.96. The van der Waals surface area contributed by atoms with Crippen LogP contribution in [0.4, 0.5) is 4.79 Å². The van der Waals surface area contributed by atoms with Crippen LogP contribution in [0.15, 0.2) is 30.0 Å². The Morgan fingerprint density at radius 3 is 2.24 bits per heavy atom. The van der Waals surface area contributed by atoms with Gasteiger partial charge >= 0.3 is 12.1 Å². The van der Waals surface area contributed by atoms with E-state index in [4.69, 9.17) is 4.74 Å². The molecule has 1 aromatic carbocycles. The summed E-state index contributed by atoms with van der Waals surface area (Å²) in [5.74, 6) is -0.596. The van der Waals surface area contributed by atoms with Crippen LogP contribution >= 0.6 is 0 Å². The van der Waals surface area contributed by atoms with E-state index in [1.807, 2.05) is 0 Å². The van der Waals surface area contributed by atoms with E-state index in [0.29, 0.717) is 5.56 Å². The molecule has 6 heteroatoms. The van der Waals surface area contributed by atoms with Crippen LogP contribution in [0.5, 0.6) is 5.75 Å². The molecule has 1 rings (SSSR count). The molecule has 0 aromatic heterocycles. The van der Waals surface area contributed by atoms with Gasteiger partial charge in [0.25, 0.3) is 0 Å². The molecule has 0 unspecified atom stereocenters. The fraction of sp³-hybridized carbons (Fsp3) is 0.333. The minimum absolute atomic E-state index is 0.0579. The number of rotatable bonds is 3. The van der Waals surface area contributed by atoms with E-state index < -0.39 is 17.7 Å². The number of carbonyl (C=O) groups is 2. The monoisotopic (exact) mass is 293 g/mol. The van der Waals surface area contributed by atoms with E-state index in [1.54, 1.807) is 32.9 Å². The summed E-state index contributed by atoms with van der Waals surface area (Å²) in [6.45, 7) is 5.15. The summed E-state index contributed by atoms with van der Waals surface area (Å²) in [7, 11) is 1.21. The van der Waals surface area contributed by atoms with Crippen LogP contribution in [-0.4, -0.2) is 29.9 Å². The van der Waals surface area contributed by atoms with Gasteiger partial charge < -0.3 is 14.6 Å². The predicted molar refractivity (Wildman–Crippen MR) is 77.5 cm³/mol. The molecule has 0 saturated heterocycles. The Balaban J connectivity index is 2.93. The number of amides is 1. The zero-order valence-electron chi connectivity index (χ0n) is 12.5. The van der Waals surface area contributed by atoms with Crippen molar-refractivity contribution in [3.63, 3.8) is 0 Å². The first-order valence-corrected chi connectivity index (χ1v) is 6.30. The van der Waals surface area contributed by atoms with Crippen molar-refractivity contribution in [2.45, 2.75) is 26.4 Å². The fourth-order valence-electron chi connectivity index (χ4n) is 1.41. The van der Waals surface area contributed by atoms with Gasteiger partial charge in [-0.15, -0.1) is 0 Å². The van der Waals surface area contributed by atoms with Crippen molar-refractivity contribution < 1.29 is 24.2 Å². The van der Waals surface area contributed by atoms with E-state index in [9.17, 15) is 14.7 Å². The lowest BCUT2D eigenvalue weighted by molar-refractivity contribution is -0.136. The van der Waals surface area contributed by atoms with E-state index in [0.717, 1.165) is 0 Å². The summed E-state index contributed by atoms with van der Waals surface area (Å²) in [5, 5.41) is 11.6. The molecule has 21 heavy (non-hydrogen) atoms. The SMILES string of the molecule is COC(=O)/C(=C/c1ccc(O)cc1)NC(=O)OC(C)(C)C. The number of alkyl carbamates (subject to hydrolysis) is 1. The van der Waals surface area contributed by atoms with Crippen molar-refractivity contribution in [2.24, 2.45) is 0 Å². The second kappa shape index (κ2) is 6.78. The molecule has 114 valence electrons. The third-order valence-corrected chi connectivity index (χ3v) is 2.25. The smallest absolute Gasteiger partial charge is 0.412 e. The largest absolute Gasteiger partial charge is 0.508 e. The minimum Gasteiger partial charge on any atom is -0.508 e. The van der Waals surface area contributed by atoms with Crippen LogP contribution in [0.2, 0.25) is 0 Å². The number of ether oxygens (including phenoxy) is 2. The molecule has 0 atom stereocenters. The van der Waals surface area contributed by atoms with Crippen LogP contribution in [0.25, 0.3) is 6.08 Å². The third-order valence-electron chi connectivity index (χ3n) is 2.25. The van der Waals surface area contributed by atoms with Crippen LogP contribution in [0.3, 0.4) is 0 Å². The fourth-order valence-corrected chi connectivity index (χ4v) is 1.41. The average Bonchev–Trinajstić information content (AvgIpc) is 2.37. The number of nitrogens with one attached hydrogen (secondary N) is 1. The molecule has 0 fully saturated rings. The van der Waals surface area contributed by atoms with Gasteiger partial charge in [-0.3, -0.25) is 5.32 Å². The maximum Gasteiger partial charge on any atom is 0.412 e. The van der Waals surface area contributed by atoms with Crippen molar-refractivity contribution in [3.05, 3.63) is 35.5 Å². The Morgan fingerprint density at radius 1 is 1.19 bits per heavy atom. The summed E-state index contributed by atoms with van der Waals surface area (Å²) in [4.78, 5) is 23.4. The zero-order chi connectivity index (χ0) is 16.0. The van der Waals surface area contributed by atoms with Crippen molar-refractivity contribution in [1.82, 2.24) is 5.32 Å². The van der Waals surface area contributed by atoms with Crippen molar-refractivity contribution >= 4 is 18.1 Å². The lowest BCUT2D eigenvalue weighted by atomic mass is 10.2. The standard InChI is InChI=1S/C15H19NO5/c1-15(2,3)21-14(19)16-12(13(18)20-4)9-10-5-7-11(17)8-6-10/h5-9,17H,1-4H3,(H,16,19)/b12-9-.